The molecule has 1 aromatic heterocycles. The molecule has 0 fully saturated rings. The highest BCUT2D eigenvalue weighted by atomic mass is 127. The first-order chi connectivity index (χ1) is 12.7. The van der Waals surface area contributed by atoms with Crippen molar-refractivity contribution in [3.05, 3.63) is 45.6 Å². The summed E-state index contributed by atoms with van der Waals surface area (Å²) in [5.74, 6) is 2.68. The van der Waals surface area contributed by atoms with Crippen LogP contribution in [0.3, 0.4) is 0 Å². The standard InChI is InChI=1S/C20H27N3O2S.HI/c1-4-24-18-11-15-10-14(2)25-19(15)12-16(18)13-23-20(21-3)22-8-7-17-6-5-9-26-17;/h5-6,9,11-12,14H,4,7-8,10,13H2,1-3H3,(H2,21,22,23);1H. The summed E-state index contributed by atoms with van der Waals surface area (Å²) in [6, 6.07) is 8.45. The highest BCUT2D eigenvalue weighted by Crippen LogP contribution is 2.35. The number of hydrogen-bond donors (Lipinski definition) is 2. The van der Waals surface area contributed by atoms with Gasteiger partial charge in [0.2, 0.25) is 0 Å². The van der Waals surface area contributed by atoms with Gasteiger partial charge in [-0.2, -0.15) is 0 Å². The molecular weight excluding hydrogens is 473 g/mol. The van der Waals surface area contributed by atoms with Gasteiger partial charge in [-0.05, 0) is 43.8 Å². The number of nitrogens with zero attached hydrogens (tertiary/aromatic N) is 1. The molecule has 0 saturated carbocycles. The normalized spacial score (nSPS) is 15.5. The highest BCUT2D eigenvalue weighted by molar-refractivity contribution is 14.0. The number of fused-ring (bicyclic) bond motifs is 1. The maximum atomic E-state index is 5.89. The summed E-state index contributed by atoms with van der Waals surface area (Å²) in [5, 5.41) is 8.84. The van der Waals surface area contributed by atoms with Crippen molar-refractivity contribution in [1.29, 1.82) is 0 Å². The Morgan fingerprint density at radius 2 is 2.22 bits per heavy atom. The molecule has 1 atom stereocenters. The third-order valence-electron chi connectivity index (χ3n) is 4.29. The summed E-state index contributed by atoms with van der Waals surface area (Å²) in [7, 11) is 1.79. The van der Waals surface area contributed by atoms with Crippen LogP contribution in [0.4, 0.5) is 0 Å². The van der Waals surface area contributed by atoms with Crippen LogP contribution in [-0.4, -0.2) is 32.3 Å². The van der Waals surface area contributed by atoms with Gasteiger partial charge in [-0.15, -0.1) is 35.3 Å². The summed E-state index contributed by atoms with van der Waals surface area (Å²) < 4.78 is 11.7. The Morgan fingerprint density at radius 1 is 1.37 bits per heavy atom. The Bertz CT molecular complexity index is 750. The fraction of sp³-hybridized carbons (Fsp3) is 0.450. The van der Waals surface area contributed by atoms with E-state index in [0.29, 0.717) is 13.2 Å². The number of benzene rings is 1. The van der Waals surface area contributed by atoms with Crippen molar-refractivity contribution >= 4 is 41.3 Å². The van der Waals surface area contributed by atoms with Gasteiger partial charge in [0.1, 0.15) is 17.6 Å². The number of thiophene rings is 1. The van der Waals surface area contributed by atoms with Gasteiger partial charge in [-0.25, -0.2) is 0 Å². The van der Waals surface area contributed by atoms with Crippen molar-refractivity contribution in [3.8, 4) is 11.5 Å². The lowest BCUT2D eigenvalue weighted by Gasteiger charge is -2.15. The molecule has 0 spiro atoms. The van der Waals surface area contributed by atoms with Crippen molar-refractivity contribution in [2.75, 3.05) is 20.2 Å². The van der Waals surface area contributed by atoms with E-state index in [1.807, 2.05) is 6.92 Å². The Labute approximate surface area is 182 Å². The lowest BCUT2D eigenvalue weighted by atomic mass is 10.1. The Morgan fingerprint density at radius 3 is 2.93 bits per heavy atom. The fourth-order valence-electron chi connectivity index (χ4n) is 3.07. The molecule has 1 aromatic carbocycles. The number of aliphatic imine (C=N–C) groups is 1. The number of nitrogens with one attached hydrogen (secondary N) is 2. The van der Waals surface area contributed by atoms with E-state index < -0.39 is 0 Å². The van der Waals surface area contributed by atoms with Gasteiger partial charge in [-0.1, -0.05) is 6.07 Å². The summed E-state index contributed by atoms with van der Waals surface area (Å²) >= 11 is 1.78. The van der Waals surface area contributed by atoms with E-state index in [1.54, 1.807) is 18.4 Å². The van der Waals surface area contributed by atoms with Crippen LogP contribution in [0.15, 0.2) is 34.6 Å². The largest absolute Gasteiger partial charge is 0.494 e. The van der Waals surface area contributed by atoms with Gasteiger partial charge in [-0.3, -0.25) is 4.99 Å². The monoisotopic (exact) mass is 501 g/mol. The molecule has 0 saturated heterocycles. The molecule has 0 amide bonds. The number of rotatable bonds is 7. The first-order valence-electron chi connectivity index (χ1n) is 9.11. The van der Waals surface area contributed by atoms with Crippen LogP contribution in [0.25, 0.3) is 0 Å². The molecule has 1 aliphatic heterocycles. The minimum atomic E-state index is 0. The second kappa shape index (κ2) is 10.8. The first-order valence-corrected chi connectivity index (χ1v) is 9.99. The third-order valence-corrected chi connectivity index (χ3v) is 5.23. The maximum absolute atomic E-state index is 5.89. The van der Waals surface area contributed by atoms with Gasteiger partial charge < -0.3 is 20.1 Å². The molecule has 3 rings (SSSR count). The Balaban J connectivity index is 0.00000261. The van der Waals surface area contributed by atoms with Gasteiger partial charge in [0.25, 0.3) is 0 Å². The second-order valence-electron chi connectivity index (χ2n) is 6.32. The fourth-order valence-corrected chi connectivity index (χ4v) is 3.78. The summed E-state index contributed by atoms with van der Waals surface area (Å²) in [6.45, 7) is 6.24. The second-order valence-corrected chi connectivity index (χ2v) is 7.35. The zero-order valence-electron chi connectivity index (χ0n) is 16.1. The Hall–Kier alpha value is -1.48. The average Bonchev–Trinajstić information content (AvgIpc) is 3.26. The molecule has 1 aliphatic rings. The predicted molar refractivity (Wildman–Crippen MR) is 123 cm³/mol. The minimum absolute atomic E-state index is 0. The molecule has 7 heteroatoms. The van der Waals surface area contributed by atoms with Crippen molar-refractivity contribution in [2.45, 2.75) is 39.3 Å². The van der Waals surface area contributed by atoms with Crippen LogP contribution in [-0.2, 0) is 19.4 Å². The Kier molecular flexibility index (Phi) is 8.69. The van der Waals surface area contributed by atoms with Crippen LogP contribution in [0.2, 0.25) is 0 Å². The van der Waals surface area contributed by atoms with Crippen LogP contribution >= 0.6 is 35.3 Å². The lowest BCUT2D eigenvalue weighted by molar-refractivity contribution is 0.254. The number of ether oxygens (including phenoxy) is 2. The molecule has 2 heterocycles. The molecule has 2 aromatic rings. The van der Waals surface area contributed by atoms with E-state index in [2.05, 4.69) is 52.2 Å². The van der Waals surface area contributed by atoms with E-state index in [9.17, 15) is 0 Å². The molecule has 1 unspecified atom stereocenters. The van der Waals surface area contributed by atoms with Gasteiger partial charge in [0.05, 0.1) is 6.61 Å². The third kappa shape index (κ3) is 6.00. The number of halogens is 1. The highest BCUT2D eigenvalue weighted by Gasteiger charge is 2.21. The molecule has 27 heavy (non-hydrogen) atoms. The number of guanidine groups is 1. The number of hydrogen-bond acceptors (Lipinski definition) is 4. The van der Waals surface area contributed by atoms with Crippen LogP contribution in [0.1, 0.15) is 29.9 Å². The lowest BCUT2D eigenvalue weighted by Crippen LogP contribution is -2.37. The zero-order valence-corrected chi connectivity index (χ0v) is 19.2. The molecular formula is C20H28IN3O2S. The molecule has 2 N–H and O–H groups in total. The topological polar surface area (TPSA) is 54.9 Å². The van der Waals surface area contributed by atoms with E-state index >= 15 is 0 Å². The SMILES string of the molecule is CCOc1cc2c(cc1CNC(=NC)NCCc1cccs1)OC(C)C2.I. The van der Waals surface area contributed by atoms with Gasteiger partial charge in [0, 0.05) is 42.6 Å². The van der Waals surface area contributed by atoms with Crippen molar-refractivity contribution < 1.29 is 9.47 Å². The van der Waals surface area contributed by atoms with Gasteiger partial charge >= 0.3 is 0 Å². The van der Waals surface area contributed by atoms with E-state index in [0.717, 1.165) is 42.4 Å². The van der Waals surface area contributed by atoms with Crippen molar-refractivity contribution in [2.24, 2.45) is 4.99 Å². The van der Waals surface area contributed by atoms with Crippen LogP contribution in [0, 0.1) is 0 Å². The first kappa shape index (κ1) is 21.8. The van der Waals surface area contributed by atoms with E-state index in [4.69, 9.17) is 9.47 Å². The van der Waals surface area contributed by atoms with Crippen LogP contribution < -0.4 is 20.1 Å². The summed E-state index contributed by atoms with van der Waals surface area (Å²) in [6.07, 6.45) is 2.16. The molecule has 0 aliphatic carbocycles. The maximum Gasteiger partial charge on any atom is 0.191 e. The predicted octanol–water partition coefficient (Wildman–Crippen LogP) is 4.00. The van der Waals surface area contributed by atoms with E-state index in [-0.39, 0.29) is 30.1 Å². The van der Waals surface area contributed by atoms with Crippen molar-refractivity contribution in [1.82, 2.24) is 10.6 Å². The zero-order chi connectivity index (χ0) is 18.4. The molecule has 0 radical (unpaired) electrons. The molecule has 148 valence electrons. The average molecular weight is 501 g/mol. The van der Waals surface area contributed by atoms with Crippen LogP contribution in [0.5, 0.6) is 11.5 Å². The van der Waals surface area contributed by atoms with E-state index in [1.165, 1.54) is 10.4 Å². The molecule has 5 nitrogen and oxygen atoms in total. The molecule has 0 bridgehead atoms. The minimum Gasteiger partial charge on any atom is -0.494 e. The van der Waals surface area contributed by atoms with Gasteiger partial charge in [0.15, 0.2) is 5.96 Å². The summed E-state index contributed by atoms with van der Waals surface area (Å²) in [4.78, 5) is 5.68. The quantitative estimate of drug-likeness (QED) is 0.342. The summed E-state index contributed by atoms with van der Waals surface area (Å²) in [5.41, 5.74) is 2.31. The van der Waals surface area contributed by atoms with Crippen molar-refractivity contribution in [3.63, 3.8) is 0 Å². The smallest absolute Gasteiger partial charge is 0.191 e.